The van der Waals surface area contributed by atoms with Crippen molar-refractivity contribution in [1.82, 2.24) is 0 Å². The van der Waals surface area contributed by atoms with Gasteiger partial charge in [-0.1, -0.05) is 32.4 Å². The van der Waals surface area contributed by atoms with E-state index in [0.29, 0.717) is 41.7 Å². The fraction of sp³-hybridized carbons (Fsp3) is 0.800. The SMILES string of the molecule is C[C@@H]1CC(=O)CC2=CC[C@@H]3[C@H](CC[C@]4(C)C(=O)CC[C@@H]34)[C@]21C. The van der Waals surface area contributed by atoms with Crippen LogP contribution in [0.4, 0.5) is 0 Å². The van der Waals surface area contributed by atoms with Crippen molar-refractivity contribution in [3.8, 4) is 0 Å². The van der Waals surface area contributed by atoms with Gasteiger partial charge in [-0.25, -0.2) is 0 Å². The third-order valence-corrected chi connectivity index (χ3v) is 8.19. The van der Waals surface area contributed by atoms with Crippen LogP contribution in [0.3, 0.4) is 0 Å². The molecule has 2 nitrogen and oxygen atoms in total. The Morgan fingerprint density at radius 1 is 1.14 bits per heavy atom. The molecule has 0 amide bonds. The Balaban J connectivity index is 1.74. The van der Waals surface area contributed by atoms with Gasteiger partial charge in [0.2, 0.25) is 0 Å². The van der Waals surface area contributed by atoms with Crippen molar-refractivity contribution in [2.24, 2.45) is 34.5 Å². The first kappa shape index (κ1) is 14.7. The highest BCUT2D eigenvalue weighted by atomic mass is 16.1. The lowest BCUT2D eigenvalue weighted by molar-refractivity contribution is -0.133. The molecule has 3 fully saturated rings. The van der Waals surface area contributed by atoms with Crippen LogP contribution in [0.5, 0.6) is 0 Å². The van der Waals surface area contributed by atoms with E-state index >= 15 is 0 Å². The molecular formula is C20H28O2. The second kappa shape index (κ2) is 4.55. The van der Waals surface area contributed by atoms with Crippen LogP contribution in [0.25, 0.3) is 0 Å². The monoisotopic (exact) mass is 300 g/mol. The van der Waals surface area contributed by atoms with Crippen molar-refractivity contribution in [2.75, 3.05) is 0 Å². The number of Topliss-reactive ketones (excluding diaryl/α,β-unsaturated/α-hetero) is 2. The fourth-order valence-electron chi connectivity index (χ4n) is 6.65. The van der Waals surface area contributed by atoms with Gasteiger partial charge in [0.1, 0.15) is 11.6 Å². The number of carbonyl (C=O) groups excluding carboxylic acids is 2. The molecule has 0 spiro atoms. The van der Waals surface area contributed by atoms with Crippen molar-refractivity contribution < 1.29 is 9.59 Å². The van der Waals surface area contributed by atoms with Crippen molar-refractivity contribution in [3.05, 3.63) is 11.6 Å². The maximum atomic E-state index is 12.4. The molecule has 0 radical (unpaired) electrons. The predicted molar refractivity (Wildman–Crippen MR) is 86.3 cm³/mol. The highest BCUT2D eigenvalue weighted by Crippen LogP contribution is 2.64. The second-order valence-electron chi connectivity index (χ2n) is 8.86. The summed E-state index contributed by atoms with van der Waals surface area (Å²) in [6.07, 6.45) is 9.07. The Labute approximate surface area is 133 Å². The van der Waals surface area contributed by atoms with Gasteiger partial charge in [-0.05, 0) is 54.8 Å². The zero-order valence-corrected chi connectivity index (χ0v) is 14.2. The number of hydrogen-bond donors (Lipinski definition) is 0. The normalized spacial score (nSPS) is 51.0. The summed E-state index contributed by atoms with van der Waals surface area (Å²) < 4.78 is 0. The standard InChI is InChI=1S/C20H28O2/c1-12-10-14(21)11-13-4-5-15-16-6-7-18(22)19(16,2)9-8-17(15)20(12,13)3/h4,12,15-17H,5-11H2,1-3H3/t12-,15+,16+,17+,19+,20+/m1/s1. The van der Waals surface area contributed by atoms with Gasteiger partial charge < -0.3 is 0 Å². The van der Waals surface area contributed by atoms with Crippen LogP contribution in [0, 0.1) is 34.5 Å². The molecule has 120 valence electrons. The number of hydrogen-bond acceptors (Lipinski definition) is 2. The van der Waals surface area contributed by atoms with Crippen LogP contribution in [0.1, 0.15) is 65.7 Å². The molecule has 4 aliphatic rings. The Morgan fingerprint density at radius 3 is 2.68 bits per heavy atom. The highest BCUT2D eigenvalue weighted by molar-refractivity contribution is 5.87. The van der Waals surface area contributed by atoms with E-state index in [1.54, 1.807) is 0 Å². The molecule has 2 heteroatoms. The summed E-state index contributed by atoms with van der Waals surface area (Å²) in [5, 5.41) is 0. The van der Waals surface area contributed by atoms with E-state index in [2.05, 4.69) is 26.8 Å². The van der Waals surface area contributed by atoms with Crippen molar-refractivity contribution in [2.45, 2.75) is 65.7 Å². The fourth-order valence-corrected chi connectivity index (χ4v) is 6.65. The molecule has 0 saturated heterocycles. The average molecular weight is 300 g/mol. The van der Waals surface area contributed by atoms with Crippen LogP contribution < -0.4 is 0 Å². The summed E-state index contributed by atoms with van der Waals surface area (Å²) in [6, 6.07) is 0. The molecule has 0 unspecified atom stereocenters. The minimum atomic E-state index is -0.0450. The summed E-state index contributed by atoms with van der Waals surface area (Å²) in [4.78, 5) is 24.4. The minimum absolute atomic E-state index is 0.0450. The number of allylic oxidation sites excluding steroid dienone is 2. The van der Waals surface area contributed by atoms with Gasteiger partial charge in [0.15, 0.2) is 0 Å². The molecule has 3 saturated carbocycles. The second-order valence-corrected chi connectivity index (χ2v) is 8.86. The highest BCUT2D eigenvalue weighted by Gasteiger charge is 2.59. The number of fused-ring (bicyclic) bond motifs is 5. The van der Waals surface area contributed by atoms with Gasteiger partial charge in [0.05, 0.1) is 0 Å². The van der Waals surface area contributed by atoms with Crippen LogP contribution in [0.2, 0.25) is 0 Å². The van der Waals surface area contributed by atoms with Gasteiger partial charge in [-0.2, -0.15) is 0 Å². The van der Waals surface area contributed by atoms with Crippen LogP contribution >= 0.6 is 0 Å². The zero-order valence-electron chi connectivity index (χ0n) is 14.2. The summed E-state index contributed by atoms with van der Waals surface area (Å²) in [7, 11) is 0. The largest absolute Gasteiger partial charge is 0.299 e. The molecule has 0 aromatic carbocycles. The van der Waals surface area contributed by atoms with Gasteiger partial charge in [0.25, 0.3) is 0 Å². The Kier molecular flexibility index (Phi) is 3.03. The van der Waals surface area contributed by atoms with E-state index in [1.165, 1.54) is 12.0 Å². The maximum Gasteiger partial charge on any atom is 0.139 e. The molecular weight excluding hydrogens is 272 g/mol. The molecule has 0 aromatic rings. The lowest BCUT2D eigenvalue weighted by atomic mass is 9.46. The minimum Gasteiger partial charge on any atom is -0.299 e. The lowest BCUT2D eigenvalue weighted by Crippen LogP contribution is -2.52. The third kappa shape index (κ3) is 1.67. The average Bonchev–Trinajstić information content (AvgIpc) is 2.77. The molecule has 4 rings (SSSR count). The predicted octanol–water partition coefficient (Wildman–Crippen LogP) is 4.33. The van der Waals surface area contributed by atoms with Gasteiger partial charge in [-0.3, -0.25) is 9.59 Å². The first-order chi connectivity index (χ1) is 10.4. The molecule has 4 aliphatic carbocycles. The first-order valence-electron chi connectivity index (χ1n) is 9.12. The molecule has 0 aromatic heterocycles. The molecule has 0 aliphatic heterocycles. The van der Waals surface area contributed by atoms with E-state index in [0.717, 1.165) is 32.1 Å². The Hall–Kier alpha value is -0.920. The topological polar surface area (TPSA) is 34.1 Å². The zero-order chi connectivity index (χ0) is 15.7. The molecule has 0 N–H and O–H groups in total. The molecule has 0 bridgehead atoms. The van der Waals surface area contributed by atoms with Crippen LogP contribution in [0.15, 0.2) is 11.6 Å². The quantitative estimate of drug-likeness (QED) is 0.624. The number of ketones is 2. The lowest BCUT2D eigenvalue weighted by Gasteiger charge is -2.58. The smallest absolute Gasteiger partial charge is 0.139 e. The molecule has 0 heterocycles. The van der Waals surface area contributed by atoms with E-state index in [9.17, 15) is 9.59 Å². The summed E-state index contributed by atoms with van der Waals surface area (Å²) in [5.74, 6) is 3.32. The van der Waals surface area contributed by atoms with Crippen LogP contribution in [-0.4, -0.2) is 11.6 Å². The summed E-state index contributed by atoms with van der Waals surface area (Å²) in [6.45, 7) is 6.94. The number of carbonyl (C=O) groups is 2. The maximum absolute atomic E-state index is 12.4. The van der Waals surface area contributed by atoms with Gasteiger partial charge in [-0.15, -0.1) is 0 Å². The van der Waals surface area contributed by atoms with Gasteiger partial charge in [0, 0.05) is 24.7 Å². The van der Waals surface area contributed by atoms with Gasteiger partial charge >= 0.3 is 0 Å². The Morgan fingerprint density at radius 2 is 1.91 bits per heavy atom. The number of rotatable bonds is 0. The van der Waals surface area contributed by atoms with E-state index in [-0.39, 0.29) is 10.8 Å². The summed E-state index contributed by atoms with van der Waals surface area (Å²) in [5.41, 5.74) is 1.57. The van der Waals surface area contributed by atoms with E-state index in [4.69, 9.17) is 0 Å². The van der Waals surface area contributed by atoms with Crippen molar-refractivity contribution >= 4 is 11.6 Å². The third-order valence-electron chi connectivity index (χ3n) is 8.19. The molecule has 6 atom stereocenters. The van der Waals surface area contributed by atoms with Crippen molar-refractivity contribution in [3.63, 3.8) is 0 Å². The molecule has 22 heavy (non-hydrogen) atoms. The van der Waals surface area contributed by atoms with E-state index < -0.39 is 0 Å². The van der Waals surface area contributed by atoms with E-state index in [1.807, 2.05) is 0 Å². The summed E-state index contributed by atoms with van der Waals surface area (Å²) >= 11 is 0. The van der Waals surface area contributed by atoms with Crippen molar-refractivity contribution in [1.29, 1.82) is 0 Å². The first-order valence-corrected chi connectivity index (χ1v) is 9.12. The van der Waals surface area contributed by atoms with Crippen LogP contribution in [-0.2, 0) is 9.59 Å². The Bertz CT molecular complexity index is 574.